The molecule has 2 rings (SSSR count). The summed E-state index contributed by atoms with van der Waals surface area (Å²) in [4.78, 5) is 27.1. The number of carboxylic acids is 1. The molecule has 8 heteroatoms. The van der Waals surface area contributed by atoms with Crippen LogP contribution in [0, 0.1) is 0 Å². The fourth-order valence-corrected chi connectivity index (χ4v) is 2.63. The number of carboxylic acid groups (broad SMARTS) is 1. The SMILES string of the molecule is CNC(Cc1ccc(NC(=O)c2c(Cl)cncc2Cl)cc1)C(=O)O. The van der Waals surface area contributed by atoms with Crippen molar-refractivity contribution in [3.63, 3.8) is 0 Å². The molecule has 0 fully saturated rings. The van der Waals surface area contributed by atoms with Crippen LogP contribution in [0.2, 0.25) is 10.0 Å². The fourth-order valence-electron chi connectivity index (χ4n) is 2.09. The summed E-state index contributed by atoms with van der Waals surface area (Å²) in [5, 5.41) is 14.8. The molecule has 0 bridgehead atoms. The highest BCUT2D eigenvalue weighted by molar-refractivity contribution is 6.40. The smallest absolute Gasteiger partial charge is 0.321 e. The molecule has 1 atom stereocenters. The monoisotopic (exact) mass is 367 g/mol. The van der Waals surface area contributed by atoms with Crippen LogP contribution in [0.15, 0.2) is 36.7 Å². The number of carbonyl (C=O) groups is 2. The van der Waals surface area contributed by atoms with Crippen LogP contribution < -0.4 is 10.6 Å². The van der Waals surface area contributed by atoms with E-state index in [4.69, 9.17) is 28.3 Å². The van der Waals surface area contributed by atoms with Crippen molar-refractivity contribution in [3.8, 4) is 0 Å². The van der Waals surface area contributed by atoms with E-state index in [0.717, 1.165) is 5.56 Å². The molecule has 24 heavy (non-hydrogen) atoms. The number of likely N-dealkylation sites (N-methyl/N-ethyl adjacent to an activating group) is 1. The van der Waals surface area contributed by atoms with E-state index in [2.05, 4.69) is 15.6 Å². The highest BCUT2D eigenvalue weighted by Gasteiger charge is 2.17. The van der Waals surface area contributed by atoms with E-state index in [1.54, 1.807) is 31.3 Å². The van der Waals surface area contributed by atoms with Crippen LogP contribution in [-0.4, -0.2) is 35.1 Å². The van der Waals surface area contributed by atoms with Crippen LogP contribution in [-0.2, 0) is 11.2 Å². The summed E-state index contributed by atoms with van der Waals surface area (Å²) in [7, 11) is 1.59. The van der Waals surface area contributed by atoms with Gasteiger partial charge in [0.1, 0.15) is 6.04 Å². The van der Waals surface area contributed by atoms with E-state index in [0.29, 0.717) is 12.1 Å². The van der Waals surface area contributed by atoms with Gasteiger partial charge < -0.3 is 15.7 Å². The second-order valence-corrected chi connectivity index (χ2v) is 5.83. The van der Waals surface area contributed by atoms with Crippen molar-refractivity contribution in [3.05, 3.63) is 57.8 Å². The first-order valence-electron chi connectivity index (χ1n) is 7.01. The number of halogens is 2. The lowest BCUT2D eigenvalue weighted by Crippen LogP contribution is -2.35. The van der Waals surface area contributed by atoms with Crippen molar-refractivity contribution in [2.75, 3.05) is 12.4 Å². The Hall–Kier alpha value is -2.15. The Morgan fingerprint density at radius 2 is 1.75 bits per heavy atom. The minimum atomic E-state index is -0.920. The molecule has 1 amide bonds. The Labute approximate surface area is 148 Å². The zero-order chi connectivity index (χ0) is 17.7. The Bertz CT molecular complexity index is 730. The number of nitrogens with one attached hydrogen (secondary N) is 2. The first-order valence-corrected chi connectivity index (χ1v) is 7.77. The number of aromatic nitrogens is 1. The highest BCUT2D eigenvalue weighted by atomic mass is 35.5. The summed E-state index contributed by atoms with van der Waals surface area (Å²) in [6.07, 6.45) is 3.02. The maximum Gasteiger partial charge on any atom is 0.321 e. The van der Waals surface area contributed by atoms with Gasteiger partial charge in [0.15, 0.2) is 0 Å². The largest absolute Gasteiger partial charge is 0.480 e. The van der Waals surface area contributed by atoms with Crippen molar-refractivity contribution in [1.29, 1.82) is 0 Å². The summed E-state index contributed by atoms with van der Waals surface area (Å²) in [6, 6.07) is 6.20. The molecule has 0 aliphatic carbocycles. The van der Waals surface area contributed by atoms with Crippen molar-refractivity contribution in [1.82, 2.24) is 10.3 Å². The fraction of sp³-hybridized carbons (Fsp3) is 0.188. The van der Waals surface area contributed by atoms with E-state index >= 15 is 0 Å². The highest BCUT2D eigenvalue weighted by Crippen LogP contribution is 2.24. The van der Waals surface area contributed by atoms with Gasteiger partial charge in [0.05, 0.1) is 15.6 Å². The maximum atomic E-state index is 12.3. The van der Waals surface area contributed by atoms with E-state index in [9.17, 15) is 9.59 Å². The van der Waals surface area contributed by atoms with Gasteiger partial charge >= 0.3 is 5.97 Å². The zero-order valence-electron chi connectivity index (χ0n) is 12.7. The molecular formula is C16H15Cl2N3O3. The molecule has 3 N–H and O–H groups in total. The van der Waals surface area contributed by atoms with E-state index in [-0.39, 0.29) is 15.6 Å². The van der Waals surface area contributed by atoms with Gasteiger partial charge in [0.25, 0.3) is 5.91 Å². The Morgan fingerprint density at radius 1 is 1.17 bits per heavy atom. The van der Waals surface area contributed by atoms with E-state index < -0.39 is 17.9 Å². The molecule has 0 aliphatic heterocycles. The van der Waals surface area contributed by atoms with Gasteiger partial charge in [0.2, 0.25) is 0 Å². The van der Waals surface area contributed by atoms with Gasteiger partial charge in [0, 0.05) is 18.1 Å². The standard InChI is InChI=1S/C16H15Cl2N3O3/c1-19-13(16(23)24)6-9-2-4-10(5-3-9)21-15(22)14-11(17)7-20-8-12(14)18/h2-5,7-8,13,19H,6H2,1H3,(H,21,22)(H,23,24). The number of nitrogens with zero attached hydrogens (tertiary/aromatic N) is 1. The van der Waals surface area contributed by atoms with Crippen LogP contribution in [0.5, 0.6) is 0 Å². The number of pyridine rings is 1. The number of amides is 1. The predicted octanol–water partition coefficient (Wildman–Crippen LogP) is 2.86. The summed E-state index contributed by atoms with van der Waals surface area (Å²) in [6.45, 7) is 0. The molecule has 0 saturated heterocycles. The van der Waals surface area contributed by atoms with E-state index in [1.807, 2.05) is 0 Å². The molecule has 1 aromatic carbocycles. The van der Waals surface area contributed by atoms with Gasteiger partial charge in [-0.25, -0.2) is 0 Å². The summed E-state index contributed by atoms with van der Waals surface area (Å²) in [5.41, 5.74) is 1.53. The van der Waals surface area contributed by atoms with Gasteiger partial charge in [-0.2, -0.15) is 0 Å². The third-order valence-electron chi connectivity index (χ3n) is 3.38. The molecule has 0 radical (unpaired) electrons. The molecule has 0 saturated carbocycles. The van der Waals surface area contributed by atoms with Crippen LogP contribution in [0.1, 0.15) is 15.9 Å². The lowest BCUT2D eigenvalue weighted by molar-refractivity contribution is -0.139. The topological polar surface area (TPSA) is 91.3 Å². The van der Waals surface area contributed by atoms with Gasteiger partial charge in [-0.3, -0.25) is 14.6 Å². The summed E-state index contributed by atoms with van der Waals surface area (Å²) < 4.78 is 0. The van der Waals surface area contributed by atoms with Crippen molar-refractivity contribution in [2.24, 2.45) is 0 Å². The van der Waals surface area contributed by atoms with Gasteiger partial charge in [-0.05, 0) is 31.2 Å². The van der Waals surface area contributed by atoms with Crippen molar-refractivity contribution >= 4 is 40.8 Å². The number of rotatable bonds is 6. The lowest BCUT2D eigenvalue weighted by atomic mass is 10.1. The Kier molecular flexibility index (Phi) is 6.14. The molecular weight excluding hydrogens is 353 g/mol. The third kappa shape index (κ3) is 4.44. The first-order chi connectivity index (χ1) is 11.4. The number of carbonyl (C=O) groups excluding carboxylic acids is 1. The average molecular weight is 368 g/mol. The molecule has 126 valence electrons. The number of aliphatic carboxylic acids is 1. The molecule has 1 unspecified atom stereocenters. The molecule has 0 aliphatic rings. The summed E-state index contributed by atoms with van der Waals surface area (Å²) >= 11 is 11.9. The van der Waals surface area contributed by atoms with Gasteiger partial charge in [-0.15, -0.1) is 0 Å². The number of benzene rings is 1. The molecule has 1 heterocycles. The van der Waals surface area contributed by atoms with Gasteiger partial charge in [-0.1, -0.05) is 35.3 Å². The second kappa shape index (κ2) is 8.10. The van der Waals surface area contributed by atoms with Crippen molar-refractivity contribution < 1.29 is 14.7 Å². The third-order valence-corrected chi connectivity index (χ3v) is 3.95. The predicted molar refractivity (Wildman–Crippen MR) is 92.8 cm³/mol. The lowest BCUT2D eigenvalue weighted by Gasteiger charge is -2.12. The minimum Gasteiger partial charge on any atom is -0.480 e. The summed E-state index contributed by atoms with van der Waals surface area (Å²) in [5.74, 6) is -1.37. The van der Waals surface area contributed by atoms with E-state index in [1.165, 1.54) is 12.4 Å². The van der Waals surface area contributed by atoms with Crippen LogP contribution in [0.25, 0.3) is 0 Å². The average Bonchev–Trinajstić information content (AvgIpc) is 2.53. The molecule has 6 nitrogen and oxygen atoms in total. The van der Waals surface area contributed by atoms with Crippen LogP contribution >= 0.6 is 23.2 Å². The minimum absolute atomic E-state index is 0.151. The Balaban J connectivity index is 2.09. The van der Waals surface area contributed by atoms with Crippen LogP contribution in [0.4, 0.5) is 5.69 Å². The van der Waals surface area contributed by atoms with Crippen molar-refractivity contribution in [2.45, 2.75) is 12.5 Å². The molecule has 0 spiro atoms. The van der Waals surface area contributed by atoms with Crippen LogP contribution in [0.3, 0.4) is 0 Å². The quantitative estimate of drug-likeness (QED) is 0.729. The normalized spacial score (nSPS) is 11.8. The zero-order valence-corrected chi connectivity index (χ0v) is 14.2. The number of anilines is 1. The molecule has 1 aromatic heterocycles. The first kappa shape index (κ1) is 18.2. The number of hydrogen-bond acceptors (Lipinski definition) is 4. The second-order valence-electron chi connectivity index (χ2n) is 5.01. The number of hydrogen-bond donors (Lipinski definition) is 3. The Morgan fingerprint density at radius 3 is 2.25 bits per heavy atom. The maximum absolute atomic E-state index is 12.3. The molecule has 2 aromatic rings.